The Balaban J connectivity index is 1.43. The fourth-order valence-corrected chi connectivity index (χ4v) is 3.26. The number of hydrogen-bond acceptors (Lipinski definition) is 4. The molecule has 0 fully saturated rings. The van der Waals surface area contributed by atoms with Gasteiger partial charge in [-0.25, -0.2) is 9.78 Å². The maximum atomic E-state index is 12.5. The number of carbonyl (C=O) groups excluding carboxylic acids is 1. The molecule has 0 unspecified atom stereocenters. The lowest BCUT2D eigenvalue weighted by atomic mass is 9.99. The molecule has 1 aliphatic heterocycles. The van der Waals surface area contributed by atoms with Crippen LogP contribution in [-0.4, -0.2) is 22.8 Å². The Morgan fingerprint density at radius 2 is 2.04 bits per heavy atom. The summed E-state index contributed by atoms with van der Waals surface area (Å²) in [5.74, 6) is 2.44. The van der Waals surface area contributed by atoms with Crippen molar-refractivity contribution in [3.05, 3.63) is 53.9 Å². The van der Waals surface area contributed by atoms with Gasteiger partial charge in [-0.2, -0.15) is 0 Å². The van der Waals surface area contributed by atoms with Crippen LogP contribution < -0.4 is 20.1 Å². The molecule has 1 aromatic heterocycles. The number of urea groups is 1. The number of nitrogens with zero attached hydrogens (tertiary/aromatic N) is 1. The van der Waals surface area contributed by atoms with E-state index in [1.807, 2.05) is 42.5 Å². The highest BCUT2D eigenvalue weighted by atomic mass is 16.7. The normalized spacial score (nSPS) is 14.6. The topological polar surface area (TPSA) is 88.3 Å². The van der Waals surface area contributed by atoms with Gasteiger partial charge >= 0.3 is 6.03 Å². The van der Waals surface area contributed by atoms with Gasteiger partial charge in [-0.1, -0.05) is 38.5 Å². The number of H-pyrrole nitrogens is 1. The molecule has 7 heteroatoms. The lowest BCUT2D eigenvalue weighted by molar-refractivity contribution is 0.174. The van der Waals surface area contributed by atoms with Crippen LogP contribution in [-0.2, 0) is 6.54 Å². The van der Waals surface area contributed by atoms with E-state index in [2.05, 4.69) is 34.4 Å². The van der Waals surface area contributed by atoms with Gasteiger partial charge in [-0.3, -0.25) is 0 Å². The molecular formula is C21H24N4O3. The van der Waals surface area contributed by atoms with Crippen molar-refractivity contribution in [1.29, 1.82) is 0 Å². The maximum Gasteiger partial charge on any atom is 0.315 e. The van der Waals surface area contributed by atoms with Crippen LogP contribution in [0.25, 0.3) is 11.0 Å². The van der Waals surface area contributed by atoms with Crippen molar-refractivity contribution >= 4 is 17.1 Å². The highest BCUT2D eigenvalue weighted by molar-refractivity contribution is 5.76. The third kappa shape index (κ3) is 3.74. The fraction of sp³-hybridized carbons (Fsp3) is 0.333. The largest absolute Gasteiger partial charge is 0.454 e. The van der Waals surface area contributed by atoms with Crippen molar-refractivity contribution < 1.29 is 14.3 Å². The third-order valence-corrected chi connectivity index (χ3v) is 5.09. The molecule has 0 aliphatic carbocycles. The molecule has 4 rings (SSSR count). The molecule has 0 spiro atoms. The summed E-state index contributed by atoms with van der Waals surface area (Å²) in [5.41, 5.74) is 2.81. The zero-order valence-electron chi connectivity index (χ0n) is 16.0. The molecule has 0 bridgehead atoms. The number of amides is 2. The van der Waals surface area contributed by atoms with Crippen LogP contribution in [0.5, 0.6) is 11.5 Å². The Morgan fingerprint density at radius 1 is 1.21 bits per heavy atom. The van der Waals surface area contributed by atoms with Gasteiger partial charge in [-0.15, -0.1) is 0 Å². The summed E-state index contributed by atoms with van der Waals surface area (Å²) in [6.07, 6.45) is 0.921. The number of imidazole rings is 1. The van der Waals surface area contributed by atoms with Crippen LogP contribution >= 0.6 is 0 Å². The second-order valence-electron chi connectivity index (χ2n) is 7.02. The molecule has 2 aromatic carbocycles. The van der Waals surface area contributed by atoms with Crippen LogP contribution in [0.3, 0.4) is 0 Å². The molecule has 0 saturated heterocycles. The van der Waals surface area contributed by atoms with Crippen molar-refractivity contribution in [2.45, 2.75) is 32.9 Å². The monoisotopic (exact) mass is 380 g/mol. The minimum Gasteiger partial charge on any atom is -0.454 e. The molecule has 2 atom stereocenters. The number of aromatic amines is 1. The van der Waals surface area contributed by atoms with E-state index in [9.17, 15) is 4.79 Å². The minimum atomic E-state index is -0.233. The summed E-state index contributed by atoms with van der Waals surface area (Å²) in [7, 11) is 0. The van der Waals surface area contributed by atoms with Gasteiger partial charge in [0.15, 0.2) is 11.5 Å². The predicted molar refractivity (Wildman–Crippen MR) is 106 cm³/mol. The quantitative estimate of drug-likeness (QED) is 0.606. The number of nitrogens with one attached hydrogen (secondary N) is 3. The van der Waals surface area contributed by atoms with Crippen molar-refractivity contribution in [1.82, 2.24) is 20.6 Å². The first kappa shape index (κ1) is 18.2. The van der Waals surface area contributed by atoms with Gasteiger partial charge in [-0.05, 0) is 35.7 Å². The van der Waals surface area contributed by atoms with Gasteiger partial charge in [0.05, 0.1) is 17.1 Å². The number of carbonyl (C=O) groups is 1. The predicted octanol–water partition coefficient (Wildman–Crippen LogP) is 3.88. The van der Waals surface area contributed by atoms with E-state index in [4.69, 9.17) is 9.47 Å². The maximum absolute atomic E-state index is 12.5. The molecule has 146 valence electrons. The molecule has 2 amide bonds. The van der Waals surface area contributed by atoms with Gasteiger partial charge in [0, 0.05) is 6.54 Å². The van der Waals surface area contributed by atoms with E-state index in [-0.39, 0.29) is 24.8 Å². The molecule has 3 N–H and O–H groups in total. The Labute approximate surface area is 163 Å². The van der Waals surface area contributed by atoms with E-state index in [1.165, 1.54) is 0 Å². The summed E-state index contributed by atoms with van der Waals surface area (Å²) in [4.78, 5) is 20.5. The first-order valence-electron chi connectivity index (χ1n) is 9.51. The number of benzene rings is 2. The molecule has 2 heterocycles. The Morgan fingerprint density at radius 3 is 2.86 bits per heavy atom. The van der Waals surface area contributed by atoms with Gasteiger partial charge in [0.1, 0.15) is 5.82 Å². The second-order valence-corrected chi connectivity index (χ2v) is 7.02. The molecule has 0 radical (unpaired) electrons. The zero-order valence-corrected chi connectivity index (χ0v) is 16.0. The van der Waals surface area contributed by atoms with Gasteiger partial charge in [0.25, 0.3) is 0 Å². The summed E-state index contributed by atoms with van der Waals surface area (Å²) >= 11 is 0. The average Bonchev–Trinajstić information content (AvgIpc) is 3.35. The molecule has 0 saturated carbocycles. The number of hydrogen-bond donors (Lipinski definition) is 3. The Kier molecular flexibility index (Phi) is 5.06. The van der Waals surface area contributed by atoms with E-state index in [1.54, 1.807) is 0 Å². The lowest BCUT2D eigenvalue weighted by Gasteiger charge is -2.22. The van der Waals surface area contributed by atoms with Crippen LogP contribution in [0.15, 0.2) is 42.5 Å². The Hall–Kier alpha value is -3.22. The smallest absolute Gasteiger partial charge is 0.315 e. The van der Waals surface area contributed by atoms with E-state index in [0.29, 0.717) is 12.3 Å². The second kappa shape index (κ2) is 7.80. The van der Waals surface area contributed by atoms with E-state index < -0.39 is 0 Å². The summed E-state index contributed by atoms with van der Waals surface area (Å²) in [6, 6.07) is 13.1. The van der Waals surface area contributed by atoms with Crippen molar-refractivity contribution in [3.63, 3.8) is 0 Å². The molecular weight excluding hydrogens is 356 g/mol. The van der Waals surface area contributed by atoms with Crippen LogP contribution in [0.1, 0.15) is 37.7 Å². The van der Waals surface area contributed by atoms with E-state index >= 15 is 0 Å². The van der Waals surface area contributed by atoms with Crippen molar-refractivity contribution in [2.24, 2.45) is 5.92 Å². The highest BCUT2D eigenvalue weighted by Gasteiger charge is 2.23. The summed E-state index contributed by atoms with van der Waals surface area (Å²) in [5, 5.41) is 5.98. The number of fused-ring (bicyclic) bond motifs is 2. The van der Waals surface area contributed by atoms with Crippen LogP contribution in [0.2, 0.25) is 0 Å². The molecule has 7 nitrogen and oxygen atoms in total. The molecule has 1 aliphatic rings. The van der Waals surface area contributed by atoms with Gasteiger partial charge in [0.2, 0.25) is 6.79 Å². The SMILES string of the molecule is CC[C@H](C)[C@@H](NC(=O)NCc1ccc2c(c1)OCO2)c1nc2ccccc2[nH]1. The Bertz CT molecular complexity index is 952. The van der Waals surface area contributed by atoms with Crippen molar-refractivity contribution in [3.8, 4) is 11.5 Å². The first-order valence-corrected chi connectivity index (χ1v) is 9.51. The zero-order chi connectivity index (χ0) is 19.5. The minimum absolute atomic E-state index is 0.200. The van der Waals surface area contributed by atoms with Crippen LogP contribution in [0, 0.1) is 5.92 Å². The summed E-state index contributed by atoms with van der Waals surface area (Å²) < 4.78 is 10.7. The molecule has 3 aromatic rings. The average molecular weight is 380 g/mol. The number of para-hydroxylation sites is 2. The highest BCUT2D eigenvalue weighted by Crippen LogP contribution is 2.32. The molecule has 28 heavy (non-hydrogen) atoms. The van der Waals surface area contributed by atoms with Crippen LogP contribution in [0.4, 0.5) is 4.79 Å². The summed E-state index contributed by atoms with van der Waals surface area (Å²) in [6.45, 7) is 4.85. The van der Waals surface area contributed by atoms with E-state index in [0.717, 1.165) is 34.6 Å². The number of ether oxygens (including phenoxy) is 2. The van der Waals surface area contributed by atoms with Gasteiger partial charge < -0.3 is 25.1 Å². The standard InChI is InChI=1S/C21H24N4O3/c1-3-13(2)19(20-23-15-6-4-5-7-16(15)24-20)25-21(26)22-11-14-8-9-17-18(10-14)28-12-27-17/h4-10,13,19H,3,11-12H2,1-2H3,(H,23,24)(H2,22,25,26)/t13-,19+/m0/s1. The number of rotatable bonds is 6. The lowest BCUT2D eigenvalue weighted by Crippen LogP contribution is -2.40. The first-order chi connectivity index (χ1) is 13.6. The van der Waals surface area contributed by atoms with Crippen molar-refractivity contribution in [2.75, 3.05) is 6.79 Å². The fourth-order valence-electron chi connectivity index (χ4n) is 3.26. The number of aromatic nitrogens is 2. The third-order valence-electron chi connectivity index (χ3n) is 5.09.